The highest BCUT2D eigenvalue weighted by atomic mass is 16.3. The normalized spacial score (nSPS) is 10.7. The van der Waals surface area contributed by atoms with Crippen LogP contribution in [0.1, 0.15) is 42.7 Å². The van der Waals surface area contributed by atoms with E-state index in [4.69, 9.17) is 4.42 Å². The van der Waals surface area contributed by atoms with Gasteiger partial charge in [-0.25, -0.2) is 4.79 Å². The van der Waals surface area contributed by atoms with E-state index in [0.717, 1.165) is 29.7 Å². The Kier molecular flexibility index (Phi) is 6.69. The Morgan fingerprint density at radius 1 is 0.963 bits per heavy atom. The molecule has 0 atom stereocenters. The summed E-state index contributed by atoms with van der Waals surface area (Å²) in [4.78, 5) is 15.0. The van der Waals surface area contributed by atoms with Gasteiger partial charge in [-0.1, -0.05) is 74.0 Å². The minimum absolute atomic E-state index is 0.0856. The molecule has 4 nitrogen and oxygen atoms in total. The number of rotatable bonds is 8. The van der Waals surface area contributed by atoms with Crippen molar-refractivity contribution in [2.45, 2.75) is 32.4 Å². The Hall–Kier alpha value is -3.01. The first kappa shape index (κ1) is 18.8. The molecule has 0 fully saturated rings. The zero-order chi connectivity index (χ0) is 18.9. The average Bonchev–Trinajstić information content (AvgIpc) is 3.22. The molecule has 0 saturated carbocycles. The van der Waals surface area contributed by atoms with Gasteiger partial charge in [0.25, 0.3) is 0 Å². The molecule has 0 unspecified atom stereocenters. The predicted molar refractivity (Wildman–Crippen MR) is 107 cm³/mol. The van der Waals surface area contributed by atoms with Crippen LogP contribution in [-0.4, -0.2) is 17.5 Å². The SMILES string of the molecule is CCCCNC(=O)N(Cc1ccco1)C(c1ccccc1)c1ccccc1. The lowest BCUT2D eigenvalue weighted by Gasteiger charge is -2.32. The van der Waals surface area contributed by atoms with Crippen LogP contribution >= 0.6 is 0 Å². The number of furan rings is 1. The van der Waals surface area contributed by atoms with Gasteiger partial charge in [0.1, 0.15) is 5.76 Å². The molecule has 3 aromatic rings. The van der Waals surface area contributed by atoms with Crippen LogP contribution in [0.2, 0.25) is 0 Å². The van der Waals surface area contributed by atoms with Gasteiger partial charge >= 0.3 is 6.03 Å². The van der Waals surface area contributed by atoms with Gasteiger partial charge in [0, 0.05) is 6.54 Å². The van der Waals surface area contributed by atoms with Crippen molar-refractivity contribution < 1.29 is 9.21 Å². The first-order valence-electron chi connectivity index (χ1n) is 9.46. The van der Waals surface area contributed by atoms with Gasteiger partial charge in [0.2, 0.25) is 0 Å². The summed E-state index contributed by atoms with van der Waals surface area (Å²) in [6.07, 6.45) is 3.64. The maximum absolute atomic E-state index is 13.1. The quantitative estimate of drug-likeness (QED) is 0.547. The van der Waals surface area contributed by atoms with Crippen molar-refractivity contribution in [1.82, 2.24) is 10.2 Å². The van der Waals surface area contributed by atoms with E-state index in [9.17, 15) is 4.79 Å². The smallest absolute Gasteiger partial charge is 0.318 e. The van der Waals surface area contributed by atoms with Crippen LogP contribution in [0, 0.1) is 0 Å². The number of hydrogen-bond donors (Lipinski definition) is 1. The van der Waals surface area contributed by atoms with Crippen molar-refractivity contribution in [2.75, 3.05) is 6.54 Å². The van der Waals surface area contributed by atoms with Crippen LogP contribution in [0.15, 0.2) is 83.5 Å². The van der Waals surface area contributed by atoms with E-state index in [1.165, 1.54) is 0 Å². The third-order valence-corrected chi connectivity index (χ3v) is 4.52. The first-order chi connectivity index (χ1) is 13.3. The molecule has 0 aliphatic rings. The van der Waals surface area contributed by atoms with Crippen LogP contribution in [-0.2, 0) is 6.54 Å². The Morgan fingerprint density at radius 2 is 1.59 bits per heavy atom. The predicted octanol–water partition coefficient (Wildman–Crippen LogP) is 5.38. The van der Waals surface area contributed by atoms with Crippen LogP contribution in [0.4, 0.5) is 4.79 Å². The van der Waals surface area contributed by atoms with E-state index in [2.05, 4.69) is 36.5 Å². The molecular weight excluding hydrogens is 336 g/mol. The van der Waals surface area contributed by atoms with Gasteiger partial charge in [-0.15, -0.1) is 0 Å². The number of unbranched alkanes of at least 4 members (excludes halogenated alkanes) is 1. The Bertz CT molecular complexity index is 761. The Balaban J connectivity index is 1.97. The fourth-order valence-corrected chi connectivity index (χ4v) is 3.15. The maximum atomic E-state index is 13.1. The van der Waals surface area contributed by atoms with E-state index < -0.39 is 0 Å². The molecule has 0 aliphatic heterocycles. The van der Waals surface area contributed by atoms with Gasteiger partial charge < -0.3 is 14.6 Å². The molecule has 0 radical (unpaired) electrons. The van der Waals surface area contributed by atoms with E-state index in [-0.39, 0.29) is 12.1 Å². The minimum Gasteiger partial charge on any atom is -0.467 e. The van der Waals surface area contributed by atoms with E-state index >= 15 is 0 Å². The molecule has 0 spiro atoms. The first-order valence-corrected chi connectivity index (χ1v) is 9.46. The molecule has 0 bridgehead atoms. The van der Waals surface area contributed by atoms with Crippen molar-refractivity contribution in [3.05, 3.63) is 95.9 Å². The molecule has 0 aliphatic carbocycles. The van der Waals surface area contributed by atoms with E-state index in [1.807, 2.05) is 53.4 Å². The zero-order valence-corrected chi connectivity index (χ0v) is 15.7. The Labute approximate surface area is 160 Å². The lowest BCUT2D eigenvalue weighted by atomic mass is 9.97. The summed E-state index contributed by atoms with van der Waals surface area (Å²) < 4.78 is 5.54. The fraction of sp³-hybridized carbons (Fsp3) is 0.261. The number of nitrogens with one attached hydrogen (secondary N) is 1. The Morgan fingerprint density at radius 3 is 2.11 bits per heavy atom. The molecule has 3 rings (SSSR count). The fourth-order valence-electron chi connectivity index (χ4n) is 3.15. The molecule has 2 aromatic carbocycles. The topological polar surface area (TPSA) is 45.5 Å². The zero-order valence-electron chi connectivity index (χ0n) is 15.7. The van der Waals surface area contributed by atoms with Gasteiger partial charge in [0.05, 0.1) is 18.8 Å². The third-order valence-electron chi connectivity index (χ3n) is 4.52. The molecular formula is C23H26N2O2. The van der Waals surface area contributed by atoms with Gasteiger partial charge in [-0.2, -0.15) is 0 Å². The summed E-state index contributed by atoms with van der Waals surface area (Å²) in [5, 5.41) is 3.06. The number of hydrogen-bond acceptors (Lipinski definition) is 2. The van der Waals surface area contributed by atoms with Gasteiger partial charge in [-0.3, -0.25) is 0 Å². The van der Waals surface area contributed by atoms with Crippen molar-refractivity contribution in [3.63, 3.8) is 0 Å². The average molecular weight is 362 g/mol. The van der Waals surface area contributed by atoms with Crippen LogP contribution in [0.5, 0.6) is 0 Å². The van der Waals surface area contributed by atoms with E-state index in [0.29, 0.717) is 13.1 Å². The van der Waals surface area contributed by atoms with Crippen molar-refractivity contribution in [2.24, 2.45) is 0 Å². The second kappa shape index (κ2) is 9.62. The summed E-state index contributed by atoms with van der Waals surface area (Å²) in [6.45, 7) is 3.18. The molecule has 1 aromatic heterocycles. The lowest BCUT2D eigenvalue weighted by Crippen LogP contribution is -2.42. The highest BCUT2D eigenvalue weighted by molar-refractivity contribution is 5.75. The summed E-state index contributed by atoms with van der Waals surface area (Å²) >= 11 is 0. The second-order valence-corrected chi connectivity index (χ2v) is 6.52. The number of carbonyl (C=O) groups excluding carboxylic acids is 1. The standard InChI is InChI=1S/C23H26N2O2/c1-2-3-16-24-23(26)25(18-21-15-10-17-27-21)22(19-11-6-4-7-12-19)20-13-8-5-9-14-20/h4-15,17,22H,2-3,16,18H2,1H3,(H,24,26). The molecule has 140 valence electrons. The second-order valence-electron chi connectivity index (χ2n) is 6.52. The number of urea groups is 1. The number of carbonyl (C=O) groups is 1. The van der Waals surface area contributed by atoms with Crippen LogP contribution in [0.3, 0.4) is 0 Å². The maximum Gasteiger partial charge on any atom is 0.318 e. The highest BCUT2D eigenvalue weighted by Gasteiger charge is 2.27. The monoisotopic (exact) mass is 362 g/mol. The number of amides is 2. The molecule has 2 amide bonds. The van der Waals surface area contributed by atoms with Gasteiger partial charge in [0.15, 0.2) is 0 Å². The molecule has 1 N–H and O–H groups in total. The largest absolute Gasteiger partial charge is 0.467 e. The summed E-state index contributed by atoms with van der Waals surface area (Å²) in [5.74, 6) is 0.762. The van der Waals surface area contributed by atoms with Crippen molar-refractivity contribution in [3.8, 4) is 0 Å². The summed E-state index contributed by atoms with van der Waals surface area (Å²) in [6, 6.07) is 23.7. The summed E-state index contributed by atoms with van der Waals surface area (Å²) in [5.41, 5.74) is 2.14. The minimum atomic E-state index is -0.195. The molecule has 1 heterocycles. The third kappa shape index (κ3) is 5.00. The van der Waals surface area contributed by atoms with Crippen LogP contribution in [0.25, 0.3) is 0 Å². The van der Waals surface area contributed by atoms with Crippen LogP contribution < -0.4 is 5.32 Å². The van der Waals surface area contributed by atoms with E-state index in [1.54, 1.807) is 6.26 Å². The number of nitrogens with zero attached hydrogens (tertiary/aromatic N) is 1. The molecule has 27 heavy (non-hydrogen) atoms. The summed E-state index contributed by atoms with van der Waals surface area (Å²) in [7, 11) is 0. The van der Waals surface area contributed by atoms with Gasteiger partial charge in [-0.05, 0) is 29.7 Å². The van der Waals surface area contributed by atoms with Crippen molar-refractivity contribution in [1.29, 1.82) is 0 Å². The number of benzene rings is 2. The highest BCUT2D eigenvalue weighted by Crippen LogP contribution is 2.30. The molecule has 4 heteroatoms. The van der Waals surface area contributed by atoms with Crippen molar-refractivity contribution >= 4 is 6.03 Å². The lowest BCUT2D eigenvalue weighted by molar-refractivity contribution is 0.175. The molecule has 0 saturated heterocycles.